The van der Waals surface area contributed by atoms with Gasteiger partial charge in [-0.1, -0.05) is 13.8 Å². The van der Waals surface area contributed by atoms with Crippen LogP contribution in [0.1, 0.15) is 39.5 Å². The highest BCUT2D eigenvalue weighted by Gasteiger charge is 2.84. The van der Waals surface area contributed by atoms with Gasteiger partial charge in [0.05, 0.1) is 0 Å². The molecular formula is C16H23NO. The highest BCUT2D eigenvalue weighted by atomic mass is 16.1. The van der Waals surface area contributed by atoms with E-state index >= 15 is 0 Å². The zero-order chi connectivity index (χ0) is 12.2. The monoisotopic (exact) mass is 245 g/mol. The molecule has 9 atom stereocenters. The number of hydrogen-bond acceptors (Lipinski definition) is 1. The van der Waals surface area contributed by atoms with Gasteiger partial charge in [0, 0.05) is 12.5 Å². The molecular weight excluding hydrogens is 222 g/mol. The van der Waals surface area contributed by atoms with E-state index in [1.807, 2.05) is 0 Å². The average molecular weight is 245 g/mol. The highest BCUT2D eigenvalue weighted by Crippen LogP contribution is 2.86. The van der Waals surface area contributed by atoms with Crippen LogP contribution in [0.3, 0.4) is 0 Å². The number of rotatable bonds is 3. The van der Waals surface area contributed by atoms with Crippen LogP contribution in [-0.4, -0.2) is 11.9 Å². The quantitative estimate of drug-likeness (QED) is 0.813. The van der Waals surface area contributed by atoms with E-state index in [-0.39, 0.29) is 0 Å². The standard InChI is InChI=1S/C16H23NO/c1-3-4-11(18)17-15-13-9-5-7-8-6-10(12(7)13)16(15,2)14(8)9/h7-10,12-15H,3-6H2,1-2H3,(H,17,18)/t7-,8+,9-,10+,12+,13+,14+,15-,16+/m0/s1. The predicted octanol–water partition coefficient (Wildman–Crippen LogP) is 2.44. The molecule has 1 N–H and O–H groups in total. The Kier molecular flexibility index (Phi) is 1.60. The van der Waals surface area contributed by atoms with Gasteiger partial charge in [-0.25, -0.2) is 0 Å². The zero-order valence-electron chi connectivity index (χ0n) is 11.4. The molecule has 0 unspecified atom stereocenters. The summed E-state index contributed by atoms with van der Waals surface area (Å²) in [6, 6.07) is 0.541. The maximum absolute atomic E-state index is 12.0. The second-order valence-corrected chi connectivity index (χ2v) is 7.91. The van der Waals surface area contributed by atoms with Gasteiger partial charge in [0.1, 0.15) is 0 Å². The lowest BCUT2D eigenvalue weighted by atomic mass is 9.64. The van der Waals surface area contributed by atoms with E-state index in [4.69, 9.17) is 0 Å². The summed E-state index contributed by atoms with van der Waals surface area (Å²) in [5, 5.41) is 3.46. The molecule has 6 saturated carbocycles. The predicted molar refractivity (Wildman–Crippen MR) is 68.6 cm³/mol. The van der Waals surface area contributed by atoms with Gasteiger partial charge in [-0.2, -0.15) is 0 Å². The first-order valence-electron chi connectivity index (χ1n) is 7.97. The topological polar surface area (TPSA) is 29.1 Å². The Balaban J connectivity index is 1.52. The second kappa shape index (κ2) is 2.81. The SMILES string of the molecule is CCCC(=O)N[C@H]1[C@@H]2[C@@H]3C[C@H]4[C@H]5C[C@H]([C@@H]42)[C@]1(C)[C@H]53. The molecule has 6 aliphatic rings. The summed E-state index contributed by atoms with van der Waals surface area (Å²) in [4.78, 5) is 12.0. The fraction of sp³-hybridized carbons (Fsp3) is 0.938. The normalized spacial score (nSPS) is 64.6. The van der Waals surface area contributed by atoms with Crippen LogP contribution in [0, 0.1) is 46.8 Å². The summed E-state index contributed by atoms with van der Waals surface area (Å²) in [6.07, 6.45) is 4.71. The third-order valence-electron chi connectivity index (χ3n) is 7.81. The molecule has 0 spiro atoms. The van der Waals surface area contributed by atoms with Crippen LogP contribution in [0.15, 0.2) is 0 Å². The summed E-state index contributed by atoms with van der Waals surface area (Å²) in [6.45, 7) is 4.62. The summed E-state index contributed by atoms with van der Waals surface area (Å²) < 4.78 is 0. The summed E-state index contributed by atoms with van der Waals surface area (Å²) in [7, 11) is 0. The minimum absolute atomic E-state index is 0.316. The number of amides is 1. The van der Waals surface area contributed by atoms with Crippen LogP contribution >= 0.6 is 0 Å². The van der Waals surface area contributed by atoms with Crippen molar-refractivity contribution >= 4 is 5.91 Å². The van der Waals surface area contributed by atoms with Crippen LogP contribution in [0.2, 0.25) is 0 Å². The van der Waals surface area contributed by atoms with Crippen molar-refractivity contribution in [2.75, 3.05) is 0 Å². The van der Waals surface area contributed by atoms with Crippen LogP contribution in [0.25, 0.3) is 0 Å². The molecule has 18 heavy (non-hydrogen) atoms. The van der Waals surface area contributed by atoms with Crippen molar-refractivity contribution in [2.45, 2.75) is 45.6 Å². The van der Waals surface area contributed by atoms with Crippen molar-refractivity contribution in [1.82, 2.24) is 5.32 Å². The molecule has 98 valence electrons. The first-order valence-corrected chi connectivity index (χ1v) is 7.97. The summed E-state index contributed by atoms with van der Waals surface area (Å²) >= 11 is 0. The highest BCUT2D eigenvalue weighted by molar-refractivity contribution is 5.76. The number of carbonyl (C=O) groups is 1. The molecule has 0 aromatic carbocycles. The van der Waals surface area contributed by atoms with E-state index in [0.717, 1.165) is 54.3 Å². The number of hydrogen-bond donors (Lipinski definition) is 1. The molecule has 0 aromatic heterocycles. The molecule has 0 saturated heterocycles. The summed E-state index contributed by atoms with van der Waals surface area (Å²) in [5.41, 5.74) is 0.487. The molecule has 0 heterocycles. The fourth-order valence-electron chi connectivity index (χ4n) is 7.85. The van der Waals surface area contributed by atoms with E-state index in [9.17, 15) is 4.79 Å². The lowest BCUT2D eigenvalue weighted by Crippen LogP contribution is -2.45. The van der Waals surface area contributed by atoms with Crippen molar-refractivity contribution in [1.29, 1.82) is 0 Å². The Hall–Kier alpha value is -0.530. The van der Waals surface area contributed by atoms with Gasteiger partial charge in [0.15, 0.2) is 0 Å². The molecule has 0 aromatic rings. The van der Waals surface area contributed by atoms with Crippen LogP contribution < -0.4 is 5.32 Å². The minimum Gasteiger partial charge on any atom is -0.353 e. The van der Waals surface area contributed by atoms with Crippen molar-refractivity contribution in [2.24, 2.45) is 46.8 Å². The Bertz CT molecular complexity index is 446. The largest absolute Gasteiger partial charge is 0.353 e. The Morgan fingerprint density at radius 2 is 2.06 bits per heavy atom. The van der Waals surface area contributed by atoms with Crippen molar-refractivity contribution in [3.8, 4) is 0 Å². The zero-order valence-corrected chi connectivity index (χ0v) is 11.4. The molecule has 0 radical (unpaired) electrons. The first kappa shape index (κ1) is 10.3. The molecule has 2 heteroatoms. The van der Waals surface area contributed by atoms with Gasteiger partial charge < -0.3 is 5.32 Å². The molecule has 2 nitrogen and oxygen atoms in total. The minimum atomic E-state index is 0.316. The van der Waals surface area contributed by atoms with E-state index in [0.29, 0.717) is 17.4 Å². The number of carbonyl (C=O) groups excluding carboxylic acids is 1. The maximum atomic E-state index is 12.0. The summed E-state index contributed by atoms with van der Waals surface area (Å²) in [5.74, 6) is 7.24. The van der Waals surface area contributed by atoms with Gasteiger partial charge in [-0.05, 0) is 66.1 Å². The third kappa shape index (κ3) is 0.779. The number of nitrogens with one attached hydrogen (secondary N) is 1. The van der Waals surface area contributed by atoms with Crippen molar-refractivity contribution in [3.05, 3.63) is 0 Å². The maximum Gasteiger partial charge on any atom is 0.220 e. The van der Waals surface area contributed by atoms with E-state index in [1.54, 1.807) is 0 Å². The average Bonchev–Trinajstić information content (AvgIpc) is 2.99. The van der Waals surface area contributed by atoms with Gasteiger partial charge in [0.25, 0.3) is 0 Å². The lowest BCUT2D eigenvalue weighted by molar-refractivity contribution is -0.122. The lowest BCUT2D eigenvalue weighted by Gasteiger charge is -2.40. The smallest absolute Gasteiger partial charge is 0.220 e. The molecule has 6 fully saturated rings. The third-order valence-corrected chi connectivity index (χ3v) is 7.81. The van der Waals surface area contributed by atoms with E-state index < -0.39 is 0 Å². The van der Waals surface area contributed by atoms with Gasteiger partial charge in [-0.3, -0.25) is 4.79 Å². The van der Waals surface area contributed by atoms with E-state index in [1.165, 1.54) is 12.8 Å². The fourth-order valence-corrected chi connectivity index (χ4v) is 7.85. The van der Waals surface area contributed by atoms with Gasteiger partial charge >= 0.3 is 0 Å². The molecule has 6 aliphatic carbocycles. The van der Waals surface area contributed by atoms with E-state index in [2.05, 4.69) is 19.2 Å². The molecule has 6 bridgehead atoms. The van der Waals surface area contributed by atoms with Crippen molar-refractivity contribution in [3.63, 3.8) is 0 Å². The molecule has 6 rings (SSSR count). The van der Waals surface area contributed by atoms with Crippen molar-refractivity contribution < 1.29 is 4.79 Å². The Morgan fingerprint density at radius 1 is 1.22 bits per heavy atom. The molecule has 0 aliphatic heterocycles. The van der Waals surface area contributed by atoms with Crippen LogP contribution in [0.4, 0.5) is 0 Å². The first-order chi connectivity index (χ1) is 8.67. The van der Waals surface area contributed by atoms with Gasteiger partial charge in [0.2, 0.25) is 5.91 Å². The van der Waals surface area contributed by atoms with Crippen LogP contribution in [0.5, 0.6) is 0 Å². The Labute approximate surface area is 109 Å². The second-order valence-electron chi connectivity index (χ2n) is 7.91. The van der Waals surface area contributed by atoms with Crippen LogP contribution in [-0.2, 0) is 4.79 Å². The molecule has 1 amide bonds. The Morgan fingerprint density at radius 3 is 2.78 bits per heavy atom. The van der Waals surface area contributed by atoms with Gasteiger partial charge in [-0.15, -0.1) is 0 Å².